The molecule has 1 aliphatic carbocycles. The van der Waals surface area contributed by atoms with Crippen molar-refractivity contribution in [3.63, 3.8) is 0 Å². The van der Waals surface area contributed by atoms with E-state index in [9.17, 15) is 0 Å². The summed E-state index contributed by atoms with van der Waals surface area (Å²) < 4.78 is 7.92. The minimum absolute atomic E-state index is 0. The Hall–Kier alpha value is -0.119. The fourth-order valence-corrected chi connectivity index (χ4v) is 6.81. The first-order chi connectivity index (χ1) is 10.2. The average Bonchev–Trinajstić information content (AvgIpc) is 2.90. The third-order valence-electron chi connectivity index (χ3n) is 4.03. The number of hydrogen-bond acceptors (Lipinski definition) is 1. The third kappa shape index (κ3) is 5.71. The molecule has 5 heteroatoms. The summed E-state index contributed by atoms with van der Waals surface area (Å²) in [6.07, 6.45) is 7.57. The van der Waals surface area contributed by atoms with E-state index in [-0.39, 0.29) is 30.2 Å². The zero-order valence-corrected chi connectivity index (χ0v) is 20.0. The summed E-state index contributed by atoms with van der Waals surface area (Å²) in [4.78, 5) is 4.39. The molecule has 1 nitrogen and oxygen atoms in total. The zero-order chi connectivity index (χ0) is 16.5. The second kappa shape index (κ2) is 9.54. The van der Waals surface area contributed by atoms with Gasteiger partial charge in [-0.05, 0) is 0 Å². The predicted octanol–water partition coefficient (Wildman–Crippen LogP) is 5.02. The van der Waals surface area contributed by atoms with Crippen molar-refractivity contribution < 1.29 is 21.1 Å². The molecule has 0 unspecified atom stereocenters. The van der Waals surface area contributed by atoms with E-state index in [0.717, 1.165) is 12.2 Å². The van der Waals surface area contributed by atoms with Crippen LogP contribution in [0.15, 0.2) is 34.2 Å². The van der Waals surface area contributed by atoms with E-state index in [1.165, 1.54) is 20.2 Å². The Bertz CT molecular complexity index is 658. The molecule has 0 radical (unpaired) electrons. The second-order valence-corrected chi connectivity index (χ2v) is 13.0. The van der Waals surface area contributed by atoms with Crippen LogP contribution in [-0.2, 0) is 23.2 Å². The zero-order valence-electron chi connectivity index (χ0n) is 15.6. The van der Waals surface area contributed by atoms with Gasteiger partial charge in [-0.1, -0.05) is 0 Å². The summed E-state index contributed by atoms with van der Waals surface area (Å²) in [6, 6.07) is 4.59. The van der Waals surface area contributed by atoms with Crippen molar-refractivity contribution in [2.24, 2.45) is 0 Å². The number of benzene rings is 1. The van der Waals surface area contributed by atoms with Gasteiger partial charge in [0.1, 0.15) is 0 Å². The number of halogens is 2. The maximum absolute atomic E-state index is 6.49. The molecule has 24 heavy (non-hydrogen) atoms. The van der Waals surface area contributed by atoms with E-state index in [0.29, 0.717) is 0 Å². The molecule has 0 aliphatic heterocycles. The molecule has 1 aromatic rings. The van der Waals surface area contributed by atoms with Crippen LogP contribution in [0, 0.1) is 6.92 Å². The van der Waals surface area contributed by atoms with E-state index in [4.69, 9.17) is 3.32 Å². The first kappa shape index (κ1) is 23.9. The molecular formula is C19H30Cl2OSiTi. The molecule has 134 valence electrons. The summed E-state index contributed by atoms with van der Waals surface area (Å²) >= 11 is -1.87. The molecule has 0 heterocycles. The van der Waals surface area contributed by atoms with Crippen LogP contribution in [0.1, 0.15) is 38.3 Å². The molecule has 0 saturated heterocycles. The van der Waals surface area contributed by atoms with Crippen LogP contribution in [0.5, 0.6) is 5.75 Å². The SMILES string of the molecule is Cl.Cl.[CH2]=[Ti]([O]c1cc(C)cc(C(C)(C)C)c1[SiH](C)C)[C]1=CC=CC1. The van der Waals surface area contributed by atoms with Crippen LogP contribution in [0.3, 0.4) is 0 Å². The molecule has 2 rings (SSSR count). The molecule has 0 atom stereocenters. The van der Waals surface area contributed by atoms with Gasteiger partial charge in [0.2, 0.25) is 0 Å². The molecular weight excluding hydrogens is 391 g/mol. The third-order valence-corrected chi connectivity index (χ3v) is 8.21. The molecule has 0 N–H and O–H groups in total. The Morgan fingerprint density at radius 2 is 1.79 bits per heavy atom. The van der Waals surface area contributed by atoms with Gasteiger partial charge in [0, 0.05) is 0 Å². The van der Waals surface area contributed by atoms with Gasteiger partial charge in [-0.25, -0.2) is 0 Å². The van der Waals surface area contributed by atoms with Crippen LogP contribution in [0.4, 0.5) is 0 Å². The van der Waals surface area contributed by atoms with Crippen LogP contribution in [0.2, 0.25) is 13.1 Å². The van der Waals surface area contributed by atoms with Crippen molar-refractivity contribution in [1.29, 1.82) is 0 Å². The summed E-state index contributed by atoms with van der Waals surface area (Å²) in [5.74, 6) is 1.13. The van der Waals surface area contributed by atoms with Crippen molar-refractivity contribution in [2.75, 3.05) is 0 Å². The van der Waals surface area contributed by atoms with E-state index >= 15 is 0 Å². The van der Waals surface area contributed by atoms with E-state index in [1.807, 2.05) is 0 Å². The summed E-state index contributed by atoms with van der Waals surface area (Å²) in [6.45, 7) is 13.9. The van der Waals surface area contributed by atoms with Crippen LogP contribution in [0.25, 0.3) is 0 Å². The van der Waals surface area contributed by atoms with E-state index in [1.54, 1.807) is 0 Å². The molecule has 0 aromatic heterocycles. The van der Waals surface area contributed by atoms with Gasteiger partial charge in [0.05, 0.1) is 0 Å². The Morgan fingerprint density at radius 3 is 2.25 bits per heavy atom. The maximum atomic E-state index is 6.49. The average molecular weight is 421 g/mol. The standard InChI is InChI=1S/C13H22OSi.C5H5.CH2.2ClH.Ti/c1-9-7-10(13(2,3)4)12(15(5)6)11(14)8-9;1-2-4-5-3-1;;;;/h7-8,14-15H,1-6H3;1-3H,4H2;1H2;2*1H;/q;;;;;+1/p-1. The molecule has 0 fully saturated rings. The van der Waals surface area contributed by atoms with Crippen molar-refractivity contribution in [2.45, 2.75) is 52.6 Å². The summed E-state index contributed by atoms with van der Waals surface area (Å²) in [5, 5.41) is 1.50. The molecule has 0 bridgehead atoms. The van der Waals surface area contributed by atoms with Gasteiger partial charge in [0.15, 0.2) is 0 Å². The van der Waals surface area contributed by atoms with Gasteiger partial charge in [-0.2, -0.15) is 0 Å². The number of allylic oxidation sites excluding steroid dienone is 4. The molecule has 0 saturated carbocycles. The van der Waals surface area contributed by atoms with Gasteiger partial charge >= 0.3 is 144 Å². The molecule has 1 aliphatic rings. The van der Waals surface area contributed by atoms with E-state index < -0.39 is 26.6 Å². The molecule has 1 aromatic carbocycles. The first-order valence-corrected chi connectivity index (χ1v) is 13.5. The van der Waals surface area contributed by atoms with Crippen LogP contribution < -0.4 is 8.51 Å². The van der Waals surface area contributed by atoms with Crippen molar-refractivity contribution >= 4 is 43.6 Å². The van der Waals surface area contributed by atoms with Gasteiger partial charge in [0.25, 0.3) is 0 Å². The Morgan fingerprint density at radius 1 is 1.17 bits per heavy atom. The van der Waals surface area contributed by atoms with Crippen molar-refractivity contribution in [3.05, 3.63) is 45.4 Å². The topological polar surface area (TPSA) is 9.23 Å². The number of aryl methyl sites for hydroxylation is 1. The number of hydrogen-bond donors (Lipinski definition) is 0. The van der Waals surface area contributed by atoms with Crippen LogP contribution in [-0.4, -0.2) is 13.6 Å². The quantitative estimate of drug-likeness (QED) is 0.621. The Balaban J connectivity index is 0.00000264. The van der Waals surface area contributed by atoms with Crippen molar-refractivity contribution in [1.82, 2.24) is 0 Å². The van der Waals surface area contributed by atoms with Crippen molar-refractivity contribution in [3.8, 4) is 5.75 Å². The molecule has 0 amide bonds. The Kier molecular flexibility index (Phi) is 9.50. The molecule has 0 spiro atoms. The Labute approximate surface area is 167 Å². The monoisotopic (exact) mass is 420 g/mol. The fraction of sp³-hybridized carbons (Fsp3) is 0.421. The van der Waals surface area contributed by atoms with Gasteiger partial charge in [-0.3, -0.25) is 0 Å². The predicted molar refractivity (Wildman–Crippen MR) is 112 cm³/mol. The normalized spacial score (nSPS) is 13.2. The summed E-state index contributed by atoms with van der Waals surface area (Å²) in [7, 11) is -0.982. The first-order valence-electron chi connectivity index (χ1n) is 8.08. The fourth-order valence-electron chi connectivity index (χ4n) is 2.92. The van der Waals surface area contributed by atoms with Crippen LogP contribution >= 0.6 is 24.8 Å². The number of rotatable bonds is 4. The second-order valence-electron chi connectivity index (χ2n) is 7.48. The van der Waals surface area contributed by atoms with E-state index in [2.05, 4.69) is 76.0 Å². The van der Waals surface area contributed by atoms with Gasteiger partial charge < -0.3 is 0 Å². The minimum atomic E-state index is -1.87. The van der Waals surface area contributed by atoms with Gasteiger partial charge in [-0.15, -0.1) is 24.8 Å². The summed E-state index contributed by atoms with van der Waals surface area (Å²) in [5.41, 5.74) is 2.92.